The fourth-order valence-corrected chi connectivity index (χ4v) is 2.40. The molecule has 1 saturated heterocycles. The number of rotatable bonds is 6. The fourth-order valence-electron chi connectivity index (χ4n) is 2.40. The molecular weight excluding hydrogens is 216 g/mol. The molecule has 1 aromatic rings. The number of hydrogen-bond acceptors (Lipinski definition) is 4. The Balaban J connectivity index is 2.02. The second-order valence-corrected chi connectivity index (χ2v) is 4.57. The van der Waals surface area contributed by atoms with Crippen molar-refractivity contribution >= 4 is 0 Å². The highest BCUT2D eigenvalue weighted by atomic mass is 16.5. The molecule has 0 amide bonds. The number of aromatic nitrogens is 2. The summed E-state index contributed by atoms with van der Waals surface area (Å²) in [7, 11) is 0. The highest BCUT2D eigenvalue weighted by Crippen LogP contribution is 2.23. The molecule has 0 bridgehead atoms. The molecule has 5 heteroatoms. The SMILES string of the molecule is CCCn1ccnc1C(CC1CCCO1)NN. The quantitative estimate of drug-likeness (QED) is 0.580. The van der Waals surface area contributed by atoms with Crippen molar-refractivity contribution in [2.24, 2.45) is 5.84 Å². The van der Waals surface area contributed by atoms with E-state index in [2.05, 4.69) is 21.9 Å². The van der Waals surface area contributed by atoms with Crippen LogP contribution in [0.25, 0.3) is 0 Å². The van der Waals surface area contributed by atoms with E-state index in [1.807, 2.05) is 12.4 Å². The van der Waals surface area contributed by atoms with Crippen LogP contribution in [0.3, 0.4) is 0 Å². The highest BCUT2D eigenvalue weighted by molar-refractivity contribution is 5.00. The summed E-state index contributed by atoms with van der Waals surface area (Å²) in [6, 6.07) is 0.0830. The minimum atomic E-state index is 0.0830. The molecule has 5 nitrogen and oxygen atoms in total. The van der Waals surface area contributed by atoms with Crippen molar-refractivity contribution in [1.82, 2.24) is 15.0 Å². The number of aryl methyl sites for hydroxylation is 1. The lowest BCUT2D eigenvalue weighted by atomic mass is 10.1. The topological polar surface area (TPSA) is 65.1 Å². The summed E-state index contributed by atoms with van der Waals surface area (Å²) in [6.07, 6.45) is 8.46. The van der Waals surface area contributed by atoms with Gasteiger partial charge in [-0.25, -0.2) is 10.4 Å². The van der Waals surface area contributed by atoms with E-state index in [9.17, 15) is 0 Å². The second-order valence-electron chi connectivity index (χ2n) is 4.57. The summed E-state index contributed by atoms with van der Waals surface area (Å²) in [5.74, 6) is 6.67. The zero-order valence-corrected chi connectivity index (χ0v) is 10.4. The summed E-state index contributed by atoms with van der Waals surface area (Å²) in [6.45, 7) is 4.03. The molecular formula is C12H22N4O. The highest BCUT2D eigenvalue weighted by Gasteiger charge is 2.23. The maximum absolute atomic E-state index is 5.65. The lowest BCUT2D eigenvalue weighted by Crippen LogP contribution is -2.33. The molecule has 2 rings (SSSR count). The van der Waals surface area contributed by atoms with Crippen LogP contribution in [0.15, 0.2) is 12.4 Å². The van der Waals surface area contributed by atoms with Crippen molar-refractivity contribution in [1.29, 1.82) is 0 Å². The molecule has 0 saturated carbocycles. The smallest absolute Gasteiger partial charge is 0.127 e. The zero-order valence-electron chi connectivity index (χ0n) is 10.4. The maximum Gasteiger partial charge on any atom is 0.127 e. The first-order chi connectivity index (χ1) is 8.35. The van der Waals surface area contributed by atoms with Crippen molar-refractivity contribution < 1.29 is 4.74 Å². The van der Waals surface area contributed by atoms with Gasteiger partial charge in [-0.1, -0.05) is 6.92 Å². The van der Waals surface area contributed by atoms with Gasteiger partial charge in [-0.2, -0.15) is 0 Å². The van der Waals surface area contributed by atoms with Gasteiger partial charge in [-0.05, 0) is 25.7 Å². The number of hydrazine groups is 1. The summed E-state index contributed by atoms with van der Waals surface area (Å²) in [4.78, 5) is 4.41. The van der Waals surface area contributed by atoms with Gasteiger partial charge >= 0.3 is 0 Å². The predicted molar refractivity (Wildman–Crippen MR) is 66.2 cm³/mol. The third kappa shape index (κ3) is 3.06. The summed E-state index contributed by atoms with van der Waals surface area (Å²) in [5, 5.41) is 0. The molecule has 0 radical (unpaired) electrons. The Hall–Kier alpha value is -0.910. The number of nitrogens with zero attached hydrogens (tertiary/aromatic N) is 2. The van der Waals surface area contributed by atoms with Crippen LogP contribution in [-0.4, -0.2) is 22.3 Å². The Morgan fingerprint density at radius 2 is 2.59 bits per heavy atom. The normalized spacial score (nSPS) is 21.9. The van der Waals surface area contributed by atoms with Crippen molar-refractivity contribution in [2.45, 2.75) is 51.3 Å². The molecule has 2 unspecified atom stereocenters. The molecule has 17 heavy (non-hydrogen) atoms. The van der Waals surface area contributed by atoms with Gasteiger partial charge in [0.25, 0.3) is 0 Å². The second kappa shape index (κ2) is 6.14. The average molecular weight is 238 g/mol. The number of nitrogens with one attached hydrogen (secondary N) is 1. The van der Waals surface area contributed by atoms with Gasteiger partial charge in [0.15, 0.2) is 0 Å². The van der Waals surface area contributed by atoms with Crippen LogP contribution < -0.4 is 11.3 Å². The number of imidazole rings is 1. The van der Waals surface area contributed by atoms with Crippen LogP contribution in [0, 0.1) is 0 Å². The first kappa shape index (κ1) is 12.5. The lowest BCUT2D eigenvalue weighted by molar-refractivity contribution is 0.0932. The molecule has 3 N–H and O–H groups in total. The zero-order chi connectivity index (χ0) is 12.1. The minimum Gasteiger partial charge on any atom is -0.378 e. The van der Waals surface area contributed by atoms with Crippen LogP contribution in [0.5, 0.6) is 0 Å². The number of hydrogen-bond donors (Lipinski definition) is 2. The molecule has 1 aromatic heterocycles. The molecule has 2 atom stereocenters. The standard InChI is InChI=1S/C12H22N4O/c1-2-6-16-7-5-14-12(16)11(15-13)9-10-4-3-8-17-10/h5,7,10-11,15H,2-4,6,8-9,13H2,1H3. The summed E-state index contributed by atoms with van der Waals surface area (Å²) >= 11 is 0. The molecule has 0 aliphatic carbocycles. The molecule has 0 spiro atoms. The number of nitrogens with two attached hydrogens (primary N) is 1. The Kier molecular flexibility index (Phi) is 4.53. The van der Waals surface area contributed by atoms with E-state index in [0.717, 1.165) is 44.7 Å². The molecule has 1 fully saturated rings. The first-order valence-corrected chi connectivity index (χ1v) is 6.44. The lowest BCUT2D eigenvalue weighted by Gasteiger charge is -2.20. The van der Waals surface area contributed by atoms with Crippen LogP contribution >= 0.6 is 0 Å². The Labute approximate surface area is 102 Å². The van der Waals surface area contributed by atoms with Crippen molar-refractivity contribution in [3.05, 3.63) is 18.2 Å². The molecule has 1 aliphatic heterocycles. The maximum atomic E-state index is 5.65. The van der Waals surface area contributed by atoms with Crippen LogP contribution in [-0.2, 0) is 11.3 Å². The van der Waals surface area contributed by atoms with E-state index in [1.165, 1.54) is 0 Å². The largest absolute Gasteiger partial charge is 0.378 e. The molecule has 2 heterocycles. The van der Waals surface area contributed by atoms with Gasteiger partial charge in [0.05, 0.1) is 12.1 Å². The van der Waals surface area contributed by atoms with E-state index in [4.69, 9.17) is 10.6 Å². The van der Waals surface area contributed by atoms with E-state index >= 15 is 0 Å². The van der Waals surface area contributed by atoms with Crippen LogP contribution in [0.4, 0.5) is 0 Å². The first-order valence-electron chi connectivity index (χ1n) is 6.44. The Morgan fingerprint density at radius 3 is 3.24 bits per heavy atom. The minimum absolute atomic E-state index is 0.0830. The van der Waals surface area contributed by atoms with Crippen molar-refractivity contribution in [2.75, 3.05) is 6.61 Å². The third-order valence-corrected chi connectivity index (χ3v) is 3.25. The van der Waals surface area contributed by atoms with E-state index in [0.29, 0.717) is 6.10 Å². The van der Waals surface area contributed by atoms with Crippen molar-refractivity contribution in [3.63, 3.8) is 0 Å². The molecule has 1 aliphatic rings. The van der Waals surface area contributed by atoms with Gasteiger partial charge in [-0.15, -0.1) is 0 Å². The van der Waals surface area contributed by atoms with Gasteiger partial charge in [0.2, 0.25) is 0 Å². The van der Waals surface area contributed by atoms with Crippen LogP contribution in [0.2, 0.25) is 0 Å². The van der Waals surface area contributed by atoms with Gasteiger partial charge in [0.1, 0.15) is 5.82 Å². The Morgan fingerprint density at radius 1 is 1.71 bits per heavy atom. The summed E-state index contributed by atoms with van der Waals surface area (Å²) < 4.78 is 7.82. The van der Waals surface area contributed by atoms with Gasteiger partial charge in [-0.3, -0.25) is 5.84 Å². The fraction of sp³-hybridized carbons (Fsp3) is 0.750. The summed E-state index contributed by atoms with van der Waals surface area (Å²) in [5.41, 5.74) is 2.87. The van der Waals surface area contributed by atoms with Gasteiger partial charge in [0, 0.05) is 25.5 Å². The molecule has 96 valence electrons. The number of ether oxygens (including phenoxy) is 1. The van der Waals surface area contributed by atoms with E-state index < -0.39 is 0 Å². The Bertz CT molecular complexity index is 333. The predicted octanol–water partition coefficient (Wildman–Crippen LogP) is 1.37. The van der Waals surface area contributed by atoms with Crippen molar-refractivity contribution in [3.8, 4) is 0 Å². The van der Waals surface area contributed by atoms with Gasteiger partial charge < -0.3 is 9.30 Å². The van der Waals surface area contributed by atoms with E-state index in [1.54, 1.807) is 0 Å². The third-order valence-electron chi connectivity index (χ3n) is 3.25. The van der Waals surface area contributed by atoms with E-state index in [-0.39, 0.29) is 6.04 Å². The average Bonchev–Trinajstić information content (AvgIpc) is 2.97. The van der Waals surface area contributed by atoms with Crippen LogP contribution in [0.1, 0.15) is 44.5 Å². The monoisotopic (exact) mass is 238 g/mol. The molecule has 0 aromatic carbocycles.